The van der Waals surface area contributed by atoms with Crippen molar-refractivity contribution in [2.45, 2.75) is 50.5 Å². The van der Waals surface area contributed by atoms with Gasteiger partial charge in [-0.1, -0.05) is 0 Å². The molecular formula is C14H19NS. The summed E-state index contributed by atoms with van der Waals surface area (Å²) in [5.41, 5.74) is 1.67. The predicted octanol–water partition coefficient (Wildman–Crippen LogP) is 3.19. The van der Waals surface area contributed by atoms with Crippen molar-refractivity contribution < 1.29 is 0 Å². The van der Waals surface area contributed by atoms with E-state index in [1.165, 1.54) is 51.6 Å². The molecule has 4 rings (SSSR count). The summed E-state index contributed by atoms with van der Waals surface area (Å²) in [5.74, 6) is 0.894. The lowest BCUT2D eigenvalue weighted by atomic mass is 9.92. The van der Waals surface area contributed by atoms with Gasteiger partial charge < -0.3 is 4.90 Å². The Hall–Kier alpha value is -0.340. The van der Waals surface area contributed by atoms with Gasteiger partial charge in [0.05, 0.1) is 0 Å². The molecule has 2 fully saturated rings. The number of aryl methyl sites for hydroxylation is 2. The van der Waals surface area contributed by atoms with Crippen LogP contribution in [-0.4, -0.2) is 24.0 Å². The van der Waals surface area contributed by atoms with Gasteiger partial charge in [-0.15, -0.1) is 11.3 Å². The van der Waals surface area contributed by atoms with Gasteiger partial charge in [-0.3, -0.25) is 0 Å². The molecule has 0 bridgehead atoms. The molecule has 86 valence electrons. The average Bonchev–Trinajstić information content (AvgIpc) is 3.08. The third kappa shape index (κ3) is 1.54. The monoisotopic (exact) mass is 233 g/mol. The van der Waals surface area contributed by atoms with Crippen molar-refractivity contribution in [1.82, 2.24) is 4.90 Å². The van der Waals surface area contributed by atoms with Gasteiger partial charge in [0.1, 0.15) is 0 Å². The van der Waals surface area contributed by atoms with Crippen LogP contribution in [0.2, 0.25) is 0 Å². The minimum atomic E-state index is 0.894. The first-order chi connectivity index (χ1) is 7.90. The molecule has 1 aromatic rings. The average molecular weight is 233 g/mol. The molecule has 2 heteroatoms. The van der Waals surface area contributed by atoms with E-state index in [-0.39, 0.29) is 0 Å². The number of likely N-dealkylation sites (tertiary alicyclic amines) is 1. The smallest absolute Gasteiger partial charge is 0.00964 e. The number of hydrogen-bond donors (Lipinski definition) is 0. The zero-order chi connectivity index (χ0) is 10.5. The molecule has 1 aromatic heterocycles. The molecule has 1 nitrogen and oxygen atoms in total. The molecule has 16 heavy (non-hydrogen) atoms. The van der Waals surface area contributed by atoms with Crippen molar-refractivity contribution in [1.29, 1.82) is 0 Å². The maximum Gasteiger partial charge on any atom is 0.00964 e. The van der Waals surface area contributed by atoms with Crippen molar-refractivity contribution in [3.05, 3.63) is 21.4 Å². The highest BCUT2D eigenvalue weighted by atomic mass is 32.1. The van der Waals surface area contributed by atoms with Crippen LogP contribution in [0.1, 0.15) is 46.9 Å². The molecule has 1 aliphatic heterocycles. The highest BCUT2D eigenvalue weighted by molar-refractivity contribution is 7.12. The zero-order valence-electron chi connectivity index (χ0n) is 9.74. The van der Waals surface area contributed by atoms with Crippen LogP contribution in [0, 0.1) is 0 Å². The first kappa shape index (κ1) is 9.67. The Bertz CT molecular complexity index is 375. The Morgan fingerprint density at radius 3 is 2.38 bits per heavy atom. The summed E-state index contributed by atoms with van der Waals surface area (Å²) >= 11 is 2.11. The molecule has 2 aliphatic carbocycles. The van der Waals surface area contributed by atoms with Crippen molar-refractivity contribution in [2.75, 3.05) is 13.1 Å². The number of rotatable bonds is 2. The van der Waals surface area contributed by atoms with E-state index in [9.17, 15) is 0 Å². The molecule has 2 heterocycles. The second kappa shape index (κ2) is 3.58. The lowest BCUT2D eigenvalue weighted by Gasteiger charge is -2.31. The molecule has 0 spiro atoms. The molecular weight excluding hydrogens is 214 g/mol. The Kier molecular flexibility index (Phi) is 2.16. The summed E-state index contributed by atoms with van der Waals surface area (Å²) < 4.78 is 0. The molecule has 0 amide bonds. The van der Waals surface area contributed by atoms with E-state index >= 15 is 0 Å². The lowest BCUT2D eigenvalue weighted by Crippen LogP contribution is -2.34. The fraction of sp³-hybridized carbons (Fsp3) is 0.714. The molecule has 1 saturated carbocycles. The Morgan fingerprint density at radius 2 is 1.88 bits per heavy atom. The van der Waals surface area contributed by atoms with Crippen LogP contribution in [0.25, 0.3) is 0 Å². The van der Waals surface area contributed by atoms with Gasteiger partial charge in [0.15, 0.2) is 0 Å². The number of nitrogens with zero attached hydrogens (tertiary/aromatic N) is 1. The topological polar surface area (TPSA) is 3.24 Å². The molecule has 0 N–H and O–H groups in total. The molecule has 0 aromatic carbocycles. The van der Waals surface area contributed by atoms with Gasteiger partial charge in [-0.25, -0.2) is 0 Å². The summed E-state index contributed by atoms with van der Waals surface area (Å²) in [5, 5.41) is 0. The first-order valence-corrected chi connectivity index (χ1v) is 7.57. The van der Waals surface area contributed by atoms with E-state index in [2.05, 4.69) is 22.3 Å². The molecule has 0 radical (unpaired) electrons. The molecule has 3 aliphatic rings. The third-order valence-corrected chi connectivity index (χ3v) is 5.93. The Labute approximate surface area is 101 Å². The van der Waals surface area contributed by atoms with Crippen LogP contribution in [0.4, 0.5) is 0 Å². The van der Waals surface area contributed by atoms with Gasteiger partial charge in [0.2, 0.25) is 0 Å². The highest BCUT2D eigenvalue weighted by Gasteiger charge is 2.33. The molecule has 1 saturated heterocycles. The van der Waals surface area contributed by atoms with Gasteiger partial charge in [0, 0.05) is 15.8 Å². The van der Waals surface area contributed by atoms with Crippen molar-refractivity contribution in [3.8, 4) is 0 Å². The standard InChI is InChI=1S/C14H19NS/c1-4-13-11(1)9-14(16-13)10-5-7-15(8-6-10)12-2-3-12/h9-10,12H,1-8H2. The normalized spacial score (nSPS) is 26.5. The summed E-state index contributed by atoms with van der Waals surface area (Å²) in [4.78, 5) is 6.13. The number of piperidine rings is 1. The quantitative estimate of drug-likeness (QED) is 0.758. The Balaban J connectivity index is 1.45. The second-order valence-electron chi connectivity index (χ2n) is 5.64. The van der Waals surface area contributed by atoms with Gasteiger partial charge in [0.25, 0.3) is 0 Å². The summed E-state index contributed by atoms with van der Waals surface area (Å²) in [6, 6.07) is 3.49. The number of thiophene rings is 1. The zero-order valence-corrected chi connectivity index (χ0v) is 10.6. The van der Waals surface area contributed by atoms with Crippen LogP contribution >= 0.6 is 11.3 Å². The second-order valence-corrected chi connectivity index (χ2v) is 6.81. The molecule has 0 atom stereocenters. The first-order valence-electron chi connectivity index (χ1n) is 6.76. The van der Waals surface area contributed by atoms with Gasteiger partial charge >= 0.3 is 0 Å². The summed E-state index contributed by atoms with van der Waals surface area (Å²) in [6.07, 6.45) is 8.48. The molecule has 0 unspecified atom stereocenters. The van der Waals surface area contributed by atoms with E-state index in [0.717, 1.165) is 12.0 Å². The van der Waals surface area contributed by atoms with Crippen LogP contribution in [0.15, 0.2) is 6.07 Å². The predicted molar refractivity (Wildman–Crippen MR) is 68.3 cm³/mol. The van der Waals surface area contributed by atoms with Crippen LogP contribution in [0.5, 0.6) is 0 Å². The number of hydrogen-bond acceptors (Lipinski definition) is 2. The SMILES string of the molecule is c1c(C2CCN(C3CC3)CC2)sc2c1CC2. The minimum absolute atomic E-state index is 0.894. The van der Waals surface area contributed by atoms with Gasteiger partial charge in [-0.05, 0) is 69.2 Å². The van der Waals surface area contributed by atoms with E-state index < -0.39 is 0 Å². The maximum atomic E-state index is 2.73. The van der Waals surface area contributed by atoms with E-state index in [1.54, 1.807) is 15.3 Å². The summed E-state index contributed by atoms with van der Waals surface area (Å²) in [6.45, 7) is 2.72. The minimum Gasteiger partial charge on any atom is -0.300 e. The van der Waals surface area contributed by atoms with Crippen LogP contribution in [0.3, 0.4) is 0 Å². The lowest BCUT2D eigenvalue weighted by molar-refractivity contribution is 0.204. The van der Waals surface area contributed by atoms with Crippen LogP contribution < -0.4 is 0 Å². The van der Waals surface area contributed by atoms with Crippen molar-refractivity contribution in [2.24, 2.45) is 0 Å². The maximum absolute atomic E-state index is 2.73. The fourth-order valence-electron chi connectivity index (χ4n) is 3.17. The Morgan fingerprint density at radius 1 is 1.06 bits per heavy atom. The largest absolute Gasteiger partial charge is 0.300 e. The van der Waals surface area contributed by atoms with E-state index in [1.807, 2.05) is 0 Å². The van der Waals surface area contributed by atoms with E-state index in [4.69, 9.17) is 0 Å². The third-order valence-electron chi connectivity index (χ3n) is 4.53. The van der Waals surface area contributed by atoms with Crippen LogP contribution in [-0.2, 0) is 12.8 Å². The highest BCUT2D eigenvalue weighted by Crippen LogP contribution is 2.40. The van der Waals surface area contributed by atoms with Crippen molar-refractivity contribution >= 4 is 11.3 Å². The summed E-state index contributed by atoms with van der Waals surface area (Å²) in [7, 11) is 0. The van der Waals surface area contributed by atoms with Crippen molar-refractivity contribution in [3.63, 3.8) is 0 Å². The van der Waals surface area contributed by atoms with Gasteiger partial charge in [-0.2, -0.15) is 0 Å². The fourth-order valence-corrected chi connectivity index (χ4v) is 4.56. The van der Waals surface area contributed by atoms with E-state index in [0.29, 0.717) is 0 Å². The number of fused-ring (bicyclic) bond motifs is 1.